The van der Waals surface area contributed by atoms with E-state index in [0.29, 0.717) is 0 Å². The Morgan fingerprint density at radius 1 is 1.00 bits per heavy atom. The largest absolute Gasteiger partial charge is 0.367 e. The van der Waals surface area contributed by atoms with Gasteiger partial charge in [0.15, 0.2) is 0 Å². The van der Waals surface area contributed by atoms with Crippen LogP contribution in [0.15, 0.2) is 42.5 Å². The molecule has 3 rings (SSSR count). The minimum absolute atomic E-state index is 1.03. The number of fused-ring (bicyclic) bond motifs is 1. The Labute approximate surface area is 115 Å². The zero-order valence-corrected chi connectivity index (χ0v) is 11.8. The highest BCUT2D eigenvalue weighted by Crippen LogP contribution is 2.29. The van der Waals surface area contributed by atoms with Gasteiger partial charge in [-0.3, -0.25) is 0 Å². The third kappa shape index (κ3) is 2.65. The molecule has 0 aromatic heterocycles. The highest BCUT2D eigenvalue weighted by Gasteiger charge is 2.16. The van der Waals surface area contributed by atoms with Gasteiger partial charge in [-0.25, -0.2) is 0 Å². The van der Waals surface area contributed by atoms with E-state index in [1.807, 2.05) is 0 Å². The van der Waals surface area contributed by atoms with Gasteiger partial charge in [0.1, 0.15) is 0 Å². The molecule has 0 unspecified atom stereocenters. The molecule has 0 radical (unpaired) electrons. The van der Waals surface area contributed by atoms with Crippen LogP contribution in [0, 0.1) is 13.8 Å². The lowest BCUT2D eigenvalue weighted by molar-refractivity contribution is 0.690. The summed E-state index contributed by atoms with van der Waals surface area (Å²) in [6, 6.07) is 15.7. The minimum atomic E-state index is 1.03. The first-order chi connectivity index (χ1) is 9.22. The summed E-state index contributed by atoms with van der Waals surface area (Å²) < 4.78 is 0. The molecular formula is C18H21N. The molecule has 0 atom stereocenters. The van der Waals surface area contributed by atoms with Crippen molar-refractivity contribution in [2.24, 2.45) is 0 Å². The number of hydrogen-bond donors (Lipinski definition) is 0. The quantitative estimate of drug-likeness (QED) is 0.771. The highest BCUT2D eigenvalue weighted by atomic mass is 15.1. The Balaban J connectivity index is 1.87. The van der Waals surface area contributed by atoms with Crippen molar-refractivity contribution in [3.63, 3.8) is 0 Å². The SMILES string of the molecule is Cc1cccc(CN2CCCc3cc(C)ccc32)c1. The number of hydrogen-bond acceptors (Lipinski definition) is 1. The molecule has 1 heteroatoms. The predicted molar refractivity (Wildman–Crippen MR) is 81.7 cm³/mol. The van der Waals surface area contributed by atoms with Gasteiger partial charge >= 0.3 is 0 Å². The molecule has 1 heterocycles. The lowest BCUT2D eigenvalue weighted by Crippen LogP contribution is -2.28. The topological polar surface area (TPSA) is 3.24 Å². The molecule has 1 nitrogen and oxygen atoms in total. The summed E-state index contributed by atoms with van der Waals surface area (Å²) >= 11 is 0. The zero-order chi connectivity index (χ0) is 13.2. The maximum absolute atomic E-state index is 2.52. The maximum atomic E-state index is 2.52. The first-order valence-corrected chi connectivity index (χ1v) is 7.12. The minimum Gasteiger partial charge on any atom is -0.367 e. The molecule has 2 aromatic rings. The molecule has 1 aliphatic heterocycles. The normalized spacial score (nSPS) is 14.3. The van der Waals surface area contributed by atoms with E-state index >= 15 is 0 Å². The summed E-state index contributed by atoms with van der Waals surface area (Å²) in [7, 11) is 0. The monoisotopic (exact) mass is 251 g/mol. The van der Waals surface area contributed by atoms with E-state index in [0.717, 1.165) is 6.54 Å². The van der Waals surface area contributed by atoms with E-state index in [4.69, 9.17) is 0 Å². The fourth-order valence-electron chi connectivity index (χ4n) is 3.00. The van der Waals surface area contributed by atoms with Crippen LogP contribution < -0.4 is 4.90 Å². The van der Waals surface area contributed by atoms with Gasteiger partial charge in [0.05, 0.1) is 0 Å². The molecule has 0 bridgehead atoms. The molecule has 0 N–H and O–H groups in total. The summed E-state index contributed by atoms with van der Waals surface area (Å²) in [6.07, 6.45) is 2.49. The Hall–Kier alpha value is -1.76. The van der Waals surface area contributed by atoms with Gasteiger partial charge in [0, 0.05) is 18.8 Å². The van der Waals surface area contributed by atoms with E-state index in [9.17, 15) is 0 Å². The highest BCUT2D eigenvalue weighted by molar-refractivity contribution is 5.57. The van der Waals surface area contributed by atoms with Crippen LogP contribution in [0.25, 0.3) is 0 Å². The first-order valence-electron chi connectivity index (χ1n) is 7.12. The first kappa shape index (κ1) is 12.3. The predicted octanol–water partition coefficient (Wildman–Crippen LogP) is 4.26. The number of nitrogens with zero attached hydrogens (tertiary/aromatic N) is 1. The Morgan fingerprint density at radius 2 is 1.84 bits per heavy atom. The molecule has 0 aliphatic carbocycles. The summed E-state index contributed by atoms with van der Waals surface area (Å²) in [5, 5.41) is 0. The molecule has 0 amide bonds. The van der Waals surface area contributed by atoms with Crippen LogP contribution in [-0.4, -0.2) is 6.54 Å². The lowest BCUT2D eigenvalue weighted by Gasteiger charge is -2.31. The fourth-order valence-corrected chi connectivity index (χ4v) is 3.00. The van der Waals surface area contributed by atoms with Crippen molar-refractivity contribution in [1.82, 2.24) is 0 Å². The Kier molecular flexibility index (Phi) is 3.29. The molecule has 0 saturated heterocycles. The number of rotatable bonds is 2. The maximum Gasteiger partial charge on any atom is 0.0429 e. The van der Waals surface area contributed by atoms with E-state index in [-0.39, 0.29) is 0 Å². The van der Waals surface area contributed by atoms with Crippen LogP contribution >= 0.6 is 0 Å². The average Bonchev–Trinajstić information content (AvgIpc) is 2.38. The molecular weight excluding hydrogens is 230 g/mol. The number of aryl methyl sites for hydroxylation is 3. The van der Waals surface area contributed by atoms with Crippen LogP contribution in [0.2, 0.25) is 0 Å². The molecule has 19 heavy (non-hydrogen) atoms. The fraction of sp³-hybridized carbons (Fsp3) is 0.333. The van der Waals surface area contributed by atoms with Gasteiger partial charge in [-0.1, -0.05) is 47.5 Å². The summed E-state index contributed by atoms with van der Waals surface area (Å²) in [5.74, 6) is 0. The van der Waals surface area contributed by atoms with Crippen molar-refractivity contribution in [1.29, 1.82) is 0 Å². The molecule has 98 valence electrons. The number of anilines is 1. The van der Waals surface area contributed by atoms with Crippen LogP contribution in [0.5, 0.6) is 0 Å². The van der Waals surface area contributed by atoms with E-state index < -0.39 is 0 Å². The second kappa shape index (κ2) is 5.08. The molecule has 0 spiro atoms. The smallest absolute Gasteiger partial charge is 0.0429 e. The molecule has 0 fully saturated rings. The van der Waals surface area contributed by atoms with Gasteiger partial charge in [-0.05, 0) is 43.9 Å². The third-order valence-electron chi connectivity index (χ3n) is 3.91. The van der Waals surface area contributed by atoms with Gasteiger partial charge in [0.2, 0.25) is 0 Å². The van der Waals surface area contributed by atoms with Crippen molar-refractivity contribution in [2.75, 3.05) is 11.4 Å². The lowest BCUT2D eigenvalue weighted by atomic mass is 9.99. The van der Waals surface area contributed by atoms with Crippen LogP contribution in [0.3, 0.4) is 0 Å². The van der Waals surface area contributed by atoms with E-state index in [2.05, 4.69) is 61.2 Å². The standard InChI is InChI=1S/C18H21N/c1-14-5-3-6-16(11-14)13-19-10-4-7-17-12-15(2)8-9-18(17)19/h3,5-6,8-9,11-12H,4,7,10,13H2,1-2H3. The Bertz CT molecular complexity index is 586. The summed E-state index contributed by atoms with van der Waals surface area (Å²) in [6.45, 7) is 6.54. The van der Waals surface area contributed by atoms with Crippen LogP contribution in [0.4, 0.5) is 5.69 Å². The zero-order valence-electron chi connectivity index (χ0n) is 11.8. The van der Waals surface area contributed by atoms with Gasteiger partial charge in [0.25, 0.3) is 0 Å². The van der Waals surface area contributed by atoms with Crippen molar-refractivity contribution in [3.8, 4) is 0 Å². The Morgan fingerprint density at radius 3 is 2.68 bits per heavy atom. The van der Waals surface area contributed by atoms with Gasteiger partial charge < -0.3 is 4.90 Å². The van der Waals surface area contributed by atoms with E-state index in [1.165, 1.54) is 47.3 Å². The van der Waals surface area contributed by atoms with Crippen molar-refractivity contribution in [2.45, 2.75) is 33.2 Å². The second-order valence-corrected chi connectivity index (χ2v) is 5.65. The third-order valence-corrected chi connectivity index (χ3v) is 3.91. The van der Waals surface area contributed by atoms with Crippen molar-refractivity contribution < 1.29 is 0 Å². The van der Waals surface area contributed by atoms with Crippen LogP contribution in [-0.2, 0) is 13.0 Å². The second-order valence-electron chi connectivity index (χ2n) is 5.65. The van der Waals surface area contributed by atoms with Crippen LogP contribution in [0.1, 0.15) is 28.7 Å². The van der Waals surface area contributed by atoms with Gasteiger partial charge in [-0.2, -0.15) is 0 Å². The van der Waals surface area contributed by atoms with E-state index in [1.54, 1.807) is 0 Å². The number of benzene rings is 2. The summed E-state index contributed by atoms with van der Waals surface area (Å²) in [5.41, 5.74) is 7.07. The average molecular weight is 251 g/mol. The molecule has 1 aliphatic rings. The summed E-state index contributed by atoms with van der Waals surface area (Å²) in [4.78, 5) is 2.52. The van der Waals surface area contributed by atoms with Gasteiger partial charge in [-0.15, -0.1) is 0 Å². The van der Waals surface area contributed by atoms with Crippen molar-refractivity contribution >= 4 is 5.69 Å². The molecule has 2 aromatic carbocycles. The van der Waals surface area contributed by atoms with Crippen molar-refractivity contribution in [3.05, 3.63) is 64.7 Å². The molecule has 0 saturated carbocycles.